The second kappa shape index (κ2) is 4.41. The molecule has 4 heteroatoms. The molecule has 1 aliphatic heterocycles. The molecule has 4 nitrogen and oxygen atoms in total. The van der Waals surface area contributed by atoms with Crippen LogP contribution in [0.3, 0.4) is 0 Å². The lowest BCUT2D eigenvalue weighted by Gasteiger charge is -2.16. The van der Waals surface area contributed by atoms with Crippen LogP contribution in [0.15, 0.2) is 30.3 Å². The Morgan fingerprint density at radius 1 is 1.05 bits per heavy atom. The van der Waals surface area contributed by atoms with Crippen LogP contribution in [0.1, 0.15) is 34.1 Å². The zero-order chi connectivity index (χ0) is 15.4. The molecule has 2 amide bonds. The molecule has 112 valence electrons. The minimum absolute atomic E-state index is 0.125. The van der Waals surface area contributed by atoms with E-state index in [1.165, 1.54) is 4.90 Å². The van der Waals surface area contributed by atoms with E-state index in [-0.39, 0.29) is 35.1 Å². The number of hydrogen-bond donors (Lipinski definition) is 1. The molecule has 2 fully saturated rings. The molecule has 1 aromatic carbocycles. The molecule has 3 rings (SSSR count). The maximum atomic E-state index is 12.5. The van der Waals surface area contributed by atoms with Gasteiger partial charge >= 0.3 is 0 Å². The first-order valence-corrected chi connectivity index (χ1v) is 7.44. The Kier molecular flexibility index (Phi) is 2.99. The minimum Gasteiger partial charge on any atom is -0.301 e. The zero-order valence-corrected chi connectivity index (χ0v) is 13.0. The Balaban J connectivity index is 1.76. The van der Waals surface area contributed by atoms with Crippen molar-refractivity contribution >= 4 is 17.5 Å². The molecule has 1 unspecified atom stereocenters. The second-order valence-corrected chi connectivity index (χ2v) is 7.20. The number of nitrogens with one attached hydrogen (secondary N) is 1. The molecule has 0 radical (unpaired) electrons. The maximum Gasteiger partial charge on any atom is 0.251 e. The van der Waals surface area contributed by atoms with Gasteiger partial charge in [-0.2, -0.15) is 0 Å². The maximum absolute atomic E-state index is 12.5. The second-order valence-electron chi connectivity index (χ2n) is 7.20. The van der Waals surface area contributed by atoms with E-state index in [4.69, 9.17) is 0 Å². The fourth-order valence-electron chi connectivity index (χ4n) is 3.42. The van der Waals surface area contributed by atoms with Crippen molar-refractivity contribution in [3.05, 3.63) is 30.3 Å². The number of nitrogens with zero attached hydrogens (tertiary/aromatic N) is 1. The molecule has 0 spiro atoms. The van der Waals surface area contributed by atoms with Crippen LogP contribution in [0.5, 0.6) is 0 Å². The van der Waals surface area contributed by atoms with Crippen LogP contribution in [0.4, 0.5) is 5.69 Å². The predicted molar refractivity (Wildman–Crippen MR) is 81.8 cm³/mol. The van der Waals surface area contributed by atoms with Gasteiger partial charge in [0.15, 0.2) is 0 Å². The van der Waals surface area contributed by atoms with E-state index >= 15 is 0 Å². The molecule has 1 aliphatic carbocycles. The summed E-state index contributed by atoms with van der Waals surface area (Å²) in [4.78, 5) is 26.0. The van der Waals surface area contributed by atoms with E-state index in [2.05, 4.69) is 33.0 Å². The van der Waals surface area contributed by atoms with Crippen LogP contribution < -0.4 is 10.2 Å². The van der Waals surface area contributed by atoms with Gasteiger partial charge in [-0.25, -0.2) is 4.90 Å². The quantitative estimate of drug-likeness (QED) is 0.868. The van der Waals surface area contributed by atoms with Gasteiger partial charge in [0.1, 0.15) is 0 Å². The monoisotopic (exact) mass is 286 g/mol. The Morgan fingerprint density at radius 3 is 2.14 bits per heavy atom. The SMILES string of the molecule is CC1(C)C(NC2CC(=O)N(c3ccccc3)C2=O)C1(C)C. The molecule has 1 aromatic rings. The van der Waals surface area contributed by atoms with Crippen molar-refractivity contribution in [1.29, 1.82) is 0 Å². The standard InChI is InChI=1S/C17H22N2O2/c1-16(2)15(17(16,3)4)18-12-10-13(20)19(14(12)21)11-8-6-5-7-9-11/h5-9,12,15,18H,10H2,1-4H3. The van der Waals surface area contributed by atoms with Gasteiger partial charge in [0.2, 0.25) is 5.91 Å². The highest BCUT2D eigenvalue weighted by molar-refractivity contribution is 6.22. The van der Waals surface area contributed by atoms with Gasteiger partial charge in [-0.15, -0.1) is 0 Å². The molecule has 21 heavy (non-hydrogen) atoms. The van der Waals surface area contributed by atoms with E-state index in [0.29, 0.717) is 5.69 Å². The lowest BCUT2D eigenvalue weighted by Crippen LogP contribution is -2.41. The van der Waals surface area contributed by atoms with Crippen LogP contribution in [0.2, 0.25) is 0 Å². The highest BCUT2D eigenvalue weighted by Crippen LogP contribution is 2.62. The number of hydrogen-bond acceptors (Lipinski definition) is 3. The minimum atomic E-state index is -0.399. The predicted octanol–water partition coefficient (Wildman–Crippen LogP) is 2.34. The third-order valence-corrected chi connectivity index (χ3v) is 5.55. The Bertz CT molecular complexity index is 578. The summed E-state index contributed by atoms with van der Waals surface area (Å²) < 4.78 is 0. The van der Waals surface area contributed by atoms with Gasteiger partial charge in [0, 0.05) is 6.04 Å². The Morgan fingerprint density at radius 2 is 1.62 bits per heavy atom. The largest absolute Gasteiger partial charge is 0.301 e. The number of rotatable bonds is 3. The first-order chi connectivity index (χ1) is 9.76. The molecule has 1 heterocycles. The summed E-state index contributed by atoms with van der Waals surface area (Å²) in [5.41, 5.74) is 0.957. The van der Waals surface area contributed by atoms with Crippen LogP contribution in [0, 0.1) is 10.8 Å². The average Bonchev–Trinajstić information content (AvgIpc) is 2.67. The average molecular weight is 286 g/mol. The normalized spacial score (nSPS) is 27.2. The van der Waals surface area contributed by atoms with Gasteiger partial charge in [0.05, 0.1) is 18.2 Å². The van der Waals surface area contributed by atoms with Gasteiger partial charge < -0.3 is 5.32 Å². The number of amides is 2. The smallest absolute Gasteiger partial charge is 0.251 e. The third kappa shape index (κ3) is 2.01. The van der Waals surface area contributed by atoms with Crippen molar-refractivity contribution < 1.29 is 9.59 Å². The summed E-state index contributed by atoms with van der Waals surface area (Å²) in [6.07, 6.45) is 0.246. The number of para-hydroxylation sites is 1. The van der Waals surface area contributed by atoms with Crippen molar-refractivity contribution in [3.8, 4) is 0 Å². The van der Waals surface area contributed by atoms with E-state index in [0.717, 1.165) is 0 Å². The number of anilines is 1. The van der Waals surface area contributed by atoms with Crippen molar-refractivity contribution in [3.63, 3.8) is 0 Å². The van der Waals surface area contributed by atoms with Crippen molar-refractivity contribution in [2.45, 2.75) is 46.2 Å². The molecular formula is C17H22N2O2. The Hall–Kier alpha value is -1.68. The first kappa shape index (κ1) is 14.3. The fraction of sp³-hybridized carbons (Fsp3) is 0.529. The summed E-state index contributed by atoms with van der Waals surface area (Å²) in [7, 11) is 0. The molecule has 1 saturated heterocycles. The van der Waals surface area contributed by atoms with Gasteiger partial charge in [-0.1, -0.05) is 45.9 Å². The molecule has 1 atom stereocenters. The molecule has 0 bridgehead atoms. The highest BCUT2D eigenvalue weighted by atomic mass is 16.2. The first-order valence-electron chi connectivity index (χ1n) is 7.44. The van der Waals surface area contributed by atoms with E-state index < -0.39 is 6.04 Å². The van der Waals surface area contributed by atoms with E-state index in [1.807, 2.05) is 18.2 Å². The summed E-state index contributed by atoms with van der Waals surface area (Å²) >= 11 is 0. The topological polar surface area (TPSA) is 49.4 Å². The molecule has 1 N–H and O–H groups in total. The van der Waals surface area contributed by atoms with Crippen molar-refractivity contribution in [2.24, 2.45) is 10.8 Å². The molecular weight excluding hydrogens is 264 g/mol. The summed E-state index contributed by atoms with van der Waals surface area (Å²) in [5.74, 6) is -0.260. The summed E-state index contributed by atoms with van der Waals surface area (Å²) in [5, 5.41) is 3.40. The summed E-state index contributed by atoms with van der Waals surface area (Å²) in [6.45, 7) is 8.78. The highest BCUT2D eigenvalue weighted by Gasteiger charge is 2.65. The van der Waals surface area contributed by atoms with E-state index in [9.17, 15) is 9.59 Å². The number of imide groups is 1. The third-order valence-electron chi connectivity index (χ3n) is 5.55. The van der Waals surface area contributed by atoms with Crippen molar-refractivity contribution in [2.75, 3.05) is 4.90 Å². The van der Waals surface area contributed by atoms with Crippen LogP contribution >= 0.6 is 0 Å². The molecule has 0 aromatic heterocycles. The fourth-order valence-corrected chi connectivity index (χ4v) is 3.42. The molecule has 1 saturated carbocycles. The number of benzene rings is 1. The van der Waals surface area contributed by atoms with Crippen LogP contribution in [-0.4, -0.2) is 23.9 Å². The number of carbonyl (C=O) groups is 2. The van der Waals surface area contributed by atoms with Crippen LogP contribution in [0.25, 0.3) is 0 Å². The Labute approximate surface area is 125 Å². The number of carbonyl (C=O) groups excluding carboxylic acids is 2. The van der Waals surface area contributed by atoms with Crippen LogP contribution in [-0.2, 0) is 9.59 Å². The van der Waals surface area contributed by atoms with Crippen molar-refractivity contribution in [1.82, 2.24) is 5.32 Å². The lowest BCUT2D eigenvalue weighted by molar-refractivity contribution is -0.121. The summed E-state index contributed by atoms with van der Waals surface area (Å²) in [6, 6.07) is 9.01. The zero-order valence-electron chi connectivity index (χ0n) is 13.0. The van der Waals surface area contributed by atoms with Gasteiger partial charge in [0.25, 0.3) is 5.91 Å². The van der Waals surface area contributed by atoms with Gasteiger partial charge in [-0.05, 0) is 23.0 Å². The van der Waals surface area contributed by atoms with Gasteiger partial charge in [-0.3, -0.25) is 9.59 Å². The van der Waals surface area contributed by atoms with E-state index in [1.54, 1.807) is 12.1 Å². The lowest BCUT2D eigenvalue weighted by atomic mass is 10.0. The molecule has 2 aliphatic rings.